The molecule has 6 heteroatoms. The lowest BCUT2D eigenvalue weighted by Gasteiger charge is -2.41. The molecule has 1 unspecified atom stereocenters. The van der Waals surface area contributed by atoms with Gasteiger partial charge in [-0.05, 0) is 25.7 Å². The van der Waals surface area contributed by atoms with Crippen molar-refractivity contribution in [3.63, 3.8) is 0 Å². The third-order valence-corrected chi connectivity index (χ3v) is 6.86. The van der Waals surface area contributed by atoms with E-state index in [4.69, 9.17) is 4.74 Å². The van der Waals surface area contributed by atoms with Gasteiger partial charge < -0.3 is 14.5 Å². The second kappa shape index (κ2) is 8.26. The molecule has 4 aliphatic rings. The molecule has 2 amide bonds. The Balaban J connectivity index is 1.27. The number of hydrogen-bond acceptors (Lipinski definition) is 4. The maximum Gasteiger partial charge on any atom is 0.228 e. The van der Waals surface area contributed by atoms with Crippen LogP contribution in [0.4, 0.5) is 0 Å². The van der Waals surface area contributed by atoms with E-state index in [9.17, 15) is 9.59 Å². The Kier molecular flexibility index (Phi) is 5.79. The number of likely N-dealkylation sites (tertiary alicyclic amines) is 1. The molecule has 1 atom stereocenters. The molecule has 3 aliphatic heterocycles. The number of hydrogen-bond donors (Lipinski definition) is 0. The van der Waals surface area contributed by atoms with Crippen LogP contribution in [0.1, 0.15) is 51.4 Å². The van der Waals surface area contributed by atoms with E-state index in [-0.39, 0.29) is 23.8 Å². The van der Waals surface area contributed by atoms with Crippen molar-refractivity contribution in [1.29, 1.82) is 0 Å². The molecule has 0 aromatic carbocycles. The summed E-state index contributed by atoms with van der Waals surface area (Å²) in [4.78, 5) is 32.0. The quantitative estimate of drug-likeness (QED) is 0.762. The van der Waals surface area contributed by atoms with Gasteiger partial charge in [0, 0.05) is 64.4 Å². The van der Waals surface area contributed by atoms with E-state index < -0.39 is 0 Å². The van der Waals surface area contributed by atoms with Crippen LogP contribution in [0.5, 0.6) is 0 Å². The minimum Gasteiger partial charge on any atom is -0.381 e. The van der Waals surface area contributed by atoms with Gasteiger partial charge in [0.2, 0.25) is 11.8 Å². The number of carbonyl (C=O) groups excluding carboxylic acids is 2. The van der Waals surface area contributed by atoms with Crippen LogP contribution < -0.4 is 0 Å². The van der Waals surface area contributed by atoms with E-state index in [2.05, 4.69) is 4.90 Å². The topological polar surface area (TPSA) is 53.1 Å². The Morgan fingerprint density at radius 1 is 0.885 bits per heavy atom. The smallest absolute Gasteiger partial charge is 0.228 e. The monoisotopic (exact) mass is 363 g/mol. The van der Waals surface area contributed by atoms with Gasteiger partial charge in [0.15, 0.2) is 0 Å². The maximum absolute atomic E-state index is 13.0. The van der Waals surface area contributed by atoms with Crippen LogP contribution >= 0.6 is 0 Å². The van der Waals surface area contributed by atoms with Crippen molar-refractivity contribution in [2.45, 2.75) is 63.5 Å². The summed E-state index contributed by atoms with van der Waals surface area (Å²) < 4.78 is 5.41. The van der Waals surface area contributed by atoms with Crippen molar-refractivity contribution in [2.24, 2.45) is 5.92 Å². The number of piperazine rings is 1. The van der Waals surface area contributed by atoms with E-state index in [1.54, 1.807) is 0 Å². The second-order valence-electron chi connectivity index (χ2n) is 8.44. The Bertz CT molecular complexity index is 506. The molecule has 1 saturated carbocycles. The zero-order valence-electron chi connectivity index (χ0n) is 15.9. The van der Waals surface area contributed by atoms with Gasteiger partial charge in [-0.1, -0.05) is 19.3 Å². The summed E-state index contributed by atoms with van der Waals surface area (Å²) in [6.45, 7) is 5.74. The van der Waals surface area contributed by atoms with Gasteiger partial charge in [-0.15, -0.1) is 0 Å². The molecule has 4 rings (SSSR count). The molecule has 146 valence electrons. The highest BCUT2D eigenvalue weighted by atomic mass is 16.5. The van der Waals surface area contributed by atoms with Gasteiger partial charge in [-0.2, -0.15) is 0 Å². The summed E-state index contributed by atoms with van der Waals surface area (Å²) in [7, 11) is 0. The molecule has 0 spiro atoms. The van der Waals surface area contributed by atoms with Crippen molar-refractivity contribution in [3.05, 3.63) is 0 Å². The summed E-state index contributed by atoms with van der Waals surface area (Å²) in [5.74, 6) is 0.235. The highest BCUT2D eigenvalue weighted by Crippen LogP contribution is 2.27. The van der Waals surface area contributed by atoms with Crippen LogP contribution in [-0.4, -0.2) is 84.5 Å². The molecule has 26 heavy (non-hydrogen) atoms. The predicted octanol–water partition coefficient (Wildman–Crippen LogP) is 1.49. The molecule has 0 radical (unpaired) electrons. The van der Waals surface area contributed by atoms with Crippen molar-refractivity contribution in [3.8, 4) is 0 Å². The maximum atomic E-state index is 13.0. The van der Waals surface area contributed by atoms with Crippen molar-refractivity contribution < 1.29 is 14.3 Å². The highest BCUT2D eigenvalue weighted by molar-refractivity contribution is 5.89. The fourth-order valence-electron chi connectivity index (χ4n) is 5.26. The Labute approximate surface area is 156 Å². The number of amides is 2. The van der Waals surface area contributed by atoms with Gasteiger partial charge in [0.1, 0.15) is 0 Å². The molecular weight excluding hydrogens is 330 g/mol. The van der Waals surface area contributed by atoms with E-state index in [1.165, 1.54) is 32.1 Å². The summed E-state index contributed by atoms with van der Waals surface area (Å²) >= 11 is 0. The van der Waals surface area contributed by atoms with Crippen LogP contribution in [-0.2, 0) is 14.3 Å². The largest absolute Gasteiger partial charge is 0.381 e. The van der Waals surface area contributed by atoms with Crippen LogP contribution in [0.15, 0.2) is 0 Å². The molecule has 0 N–H and O–H groups in total. The Morgan fingerprint density at radius 2 is 1.58 bits per heavy atom. The molecular formula is C20H33N3O3. The van der Waals surface area contributed by atoms with E-state index in [0.717, 1.165) is 58.3 Å². The standard InChI is InChI=1S/C20H33N3O3/c24-19-14-16(15-23(19)18-6-12-26-13-7-18)20(25)22-10-8-21(9-11-22)17-4-2-1-3-5-17/h16-18H,1-15H2. The van der Waals surface area contributed by atoms with Crippen LogP contribution in [0.3, 0.4) is 0 Å². The van der Waals surface area contributed by atoms with Crippen molar-refractivity contribution in [1.82, 2.24) is 14.7 Å². The van der Waals surface area contributed by atoms with Crippen LogP contribution in [0.25, 0.3) is 0 Å². The average molecular weight is 364 g/mol. The fraction of sp³-hybridized carbons (Fsp3) is 0.900. The first-order valence-electron chi connectivity index (χ1n) is 10.6. The summed E-state index contributed by atoms with van der Waals surface area (Å²) in [6, 6.07) is 1.01. The molecule has 1 aliphatic carbocycles. The third-order valence-electron chi connectivity index (χ3n) is 6.86. The van der Waals surface area contributed by atoms with E-state index >= 15 is 0 Å². The number of ether oxygens (including phenoxy) is 1. The first-order valence-corrected chi connectivity index (χ1v) is 10.6. The minimum absolute atomic E-state index is 0.133. The molecule has 6 nitrogen and oxygen atoms in total. The average Bonchev–Trinajstić information content (AvgIpc) is 3.10. The fourth-order valence-corrected chi connectivity index (χ4v) is 5.26. The number of carbonyl (C=O) groups is 2. The lowest BCUT2D eigenvalue weighted by atomic mass is 9.93. The van der Waals surface area contributed by atoms with Gasteiger partial charge in [-0.25, -0.2) is 0 Å². The molecule has 0 aromatic rings. The number of nitrogens with zero attached hydrogens (tertiary/aromatic N) is 3. The summed E-state index contributed by atoms with van der Waals surface area (Å²) in [5, 5.41) is 0. The minimum atomic E-state index is -0.133. The van der Waals surface area contributed by atoms with Crippen LogP contribution in [0, 0.1) is 5.92 Å². The van der Waals surface area contributed by atoms with Crippen LogP contribution in [0.2, 0.25) is 0 Å². The number of rotatable bonds is 3. The zero-order chi connectivity index (χ0) is 17.9. The molecule has 0 bridgehead atoms. The van der Waals surface area contributed by atoms with Gasteiger partial charge in [0.05, 0.1) is 5.92 Å². The summed E-state index contributed by atoms with van der Waals surface area (Å²) in [5.41, 5.74) is 0. The SMILES string of the molecule is O=C(C1CC(=O)N(C2CCOCC2)C1)N1CCN(C2CCCCC2)CC1. The summed E-state index contributed by atoms with van der Waals surface area (Å²) in [6.07, 6.45) is 8.97. The lowest BCUT2D eigenvalue weighted by Crippen LogP contribution is -2.53. The lowest BCUT2D eigenvalue weighted by molar-refractivity contribution is -0.138. The molecule has 0 aromatic heterocycles. The normalized spacial score (nSPS) is 30.2. The molecule has 3 heterocycles. The Hall–Kier alpha value is -1.14. The second-order valence-corrected chi connectivity index (χ2v) is 8.44. The van der Waals surface area contributed by atoms with Crippen molar-refractivity contribution in [2.75, 3.05) is 45.9 Å². The molecule has 4 fully saturated rings. The van der Waals surface area contributed by atoms with E-state index in [1.807, 2.05) is 9.80 Å². The van der Waals surface area contributed by atoms with Gasteiger partial charge >= 0.3 is 0 Å². The molecule has 3 saturated heterocycles. The predicted molar refractivity (Wildman–Crippen MR) is 98.7 cm³/mol. The highest BCUT2D eigenvalue weighted by Gasteiger charge is 2.40. The Morgan fingerprint density at radius 3 is 2.27 bits per heavy atom. The zero-order valence-corrected chi connectivity index (χ0v) is 15.9. The van der Waals surface area contributed by atoms with Gasteiger partial charge in [-0.3, -0.25) is 14.5 Å². The van der Waals surface area contributed by atoms with Crippen molar-refractivity contribution >= 4 is 11.8 Å². The first-order chi connectivity index (χ1) is 12.7. The third kappa shape index (κ3) is 3.91. The van der Waals surface area contributed by atoms with Gasteiger partial charge in [0.25, 0.3) is 0 Å². The van der Waals surface area contributed by atoms with E-state index in [0.29, 0.717) is 13.0 Å². The first kappa shape index (κ1) is 18.2.